The molecule has 0 unspecified atom stereocenters. The van der Waals surface area contributed by atoms with Gasteiger partial charge in [0.2, 0.25) is 0 Å². The molecule has 0 heterocycles. The summed E-state index contributed by atoms with van der Waals surface area (Å²) in [4.78, 5) is 0. The van der Waals surface area contributed by atoms with Crippen molar-refractivity contribution in [2.24, 2.45) is 0 Å². The van der Waals surface area contributed by atoms with Crippen molar-refractivity contribution in [2.75, 3.05) is 0 Å². The highest BCUT2D eigenvalue weighted by molar-refractivity contribution is 8.01. The molecule has 2 rings (SSSR count). The molecule has 0 amide bonds. The molecule has 0 radical (unpaired) electrons. The zero-order chi connectivity index (χ0) is 12.8. The van der Waals surface area contributed by atoms with Crippen molar-refractivity contribution in [2.45, 2.75) is 5.75 Å². The van der Waals surface area contributed by atoms with Crippen LogP contribution in [-0.2, 0) is 5.75 Å². The topological polar surface area (TPSA) is 0 Å². The molecule has 3 heteroatoms. The molecule has 0 nitrogen and oxygen atoms in total. The first kappa shape index (κ1) is 12.8. The highest BCUT2D eigenvalue weighted by Gasteiger charge is 1.93. The zero-order valence-corrected chi connectivity index (χ0v) is 10.5. The summed E-state index contributed by atoms with van der Waals surface area (Å²) in [6.07, 6.45) is 1.92. The lowest BCUT2D eigenvalue weighted by Gasteiger charge is -1.97. The highest BCUT2D eigenvalue weighted by Crippen LogP contribution is 2.15. The predicted molar refractivity (Wildman–Crippen MR) is 73.1 cm³/mol. The fraction of sp³-hybridized carbons (Fsp3) is 0.0667. The lowest BCUT2D eigenvalue weighted by atomic mass is 10.2. The van der Waals surface area contributed by atoms with Crippen LogP contribution in [0.5, 0.6) is 0 Å². The number of hydrogen-bond acceptors (Lipinski definition) is 1. The van der Waals surface area contributed by atoms with E-state index in [-0.39, 0.29) is 11.6 Å². The Morgan fingerprint density at radius 2 is 1.39 bits per heavy atom. The Bertz CT molecular complexity index is 515. The second kappa shape index (κ2) is 6.36. The van der Waals surface area contributed by atoms with E-state index in [1.54, 1.807) is 36.0 Å². The molecule has 0 saturated heterocycles. The average Bonchev–Trinajstić information content (AvgIpc) is 2.39. The zero-order valence-electron chi connectivity index (χ0n) is 9.64. The maximum atomic E-state index is 12.7. The third-order valence-electron chi connectivity index (χ3n) is 2.39. The van der Waals surface area contributed by atoms with E-state index in [1.807, 2.05) is 11.5 Å². The Balaban J connectivity index is 1.84. The highest BCUT2D eigenvalue weighted by atomic mass is 32.2. The van der Waals surface area contributed by atoms with E-state index in [4.69, 9.17) is 0 Å². The first-order chi connectivity index (χ1) is 8.74. The van der Waals surface area contributed by atoms with Crippen molar-refractivity contribution < 1.29 is 8.78 Å². The summed E-state index contributed by atoms with van der Waals surface area (Å²) in [7, 11) is 0. The standard InChI is InChI=1S/C15H12F2S/c16-14-5-1-12(2-6-14)9-10-18-11-13-3-7-15(17)8-4-13/h1-10H,11H2/b10-9-. The molecule has 0 bridgehead atoms. The molecular weight excluding hydrogens is 250 g/mol. The molecule has 0 fully saturated rings. The minimum atomic E-state index is -0.230. The third-order valence-corrected chi connectivity index (χ3v) is 3.22. The van der Waals surface area contributed by atoms with Gasteiger partial charge in [0.1, 0.15) is 11.6 Å². The van der Waals surface area contributed by atoms with Gasteiger partial charge in [-0.25, -0.2) is 8.78 Å². The van der Waals surface area contributed by atoms with Crippen LogP contribution >= 0.6 is 11.8 Å². The second-order valence-corrected chi connectivity index (χ2v) is 4.69. The van der Waals surface area contributed by atoms with Crippen LogP contribution in [0.3, 0.4) is 0 Å². The summed E-state index contributed by atoms with van der Waals surface area (Å²) in [6, 6.07) is 12.8. The van der Waals surface area contributed by atoms with Crippen LogP contribution < -0.4 is 0 Å². The van der Waals surface area contributed by atoms with Crippen LogP contribution in [0.25, 0.3) is 6.08 Å². The van der Waals surface area contributed by atoms with E-state index in [9.17, 15) is 8.78 Å². The lowest BCUT2D eigenvalue weighted by Crippen LogP contribution is -1.79. The number of benzene rings is 2. The van der Waals surface area contributed by atoms with E-state index in [1.165, 1.54) is 24.3 Å². The molecule has 0 spiro atoms. The van der Waals surface area contributed by atoms with Crippen LogP contribution in [0.15, 0.2) is 53.9 Å². The fourth-order valence-corrected chi connectivity index (χ4v) is 2.16. The first-order valence-corrected chi connectivity index (χ1v) is 6.57. The molecular formula is C15H12F2S. The van der Waals surface area contributed by atoms with Crippen molar-refractivity contribution in [3.05, 3.63) is 76.7 Å². The number of rotatable bonds is 4. The number of hydrogen-bond donors (Lipinski definition) is 0. The molecule has 92 valence electrons. The smallest absolute Gasteiger partial charge is 0.123 e. The van der Waals surface area contributed by atoms with Crippen LogP contribution in [-0.4, -0.2) is 0 Å². The monoisotopic (exact) mass is 262 g/mol. The second-order valence-electron chi connectivity index (χ2n) is 3.79. The van der Waals surface area contributed by atoms with Crippen molar-refractivity contribution in [3.63, 3.8) is 0 Å². The van der Waals surface area contributed by atoms with Crippen LogP contribution in [0.2, 0.25) is 0 Å². The van der Waals surface area contributed by atoms with Gasteiger partial charge < -0.3 is 0 Å². The van der Waals surface area contributed by atoms with Gasteiger partial charge >= 0.3 is 0 Å². The van der Waals surface area contributed by atoms with E-state index in [0.29, 0.717) is 0 Å². The summed E-state index contributed by atoms with van der Waals surface area (Å²) < 4.78 is 25.3. The lowest BCUT2D eigenvalue weighted by molar-refractivity contribution is 0.627. The molecule has 18 heavy (non-hydrogen) atoms. The van der Waals surface area contributed by atoms with Crippen LogP contribution in [0, 0.1) is 11.6 Å². The third kappa shape index (κ3) is 4.00. The molecule has 0 aliphatic carbocycles. The van der Waals surface area contributed by atoms with Crippen molar-refractivity contribution >= 4 is 17.8 Å². The number of halogens is 2. The van der Waals surface area contributed by atoms with Gasteiger partial charge in [-0.3, -0.25) is 0 Å². The van der Waals surface area contributed by atoms with Crippen molar-refractivity contribution in [3.8, 4) is 0 Å². The SMILES string of the molecule is Fc1ccc(/C=C\SCc2ccc(F)cc2)cc1. The van der Waals surface area contributed by atoms with Gasteiger partial charge in [0.05, 0.1) is 0 Å². The number of thioether (sulfide) groups is 1. The predicted octanol–water partition coefficient (Wildman–Crippen LogP) is 4.87. The van der Waals surface area contributed by atoms with Gasteiger partial charge in [0.25, 0.3) is 0 Å². The van der Waals surface area contributed by atoms with Gasteiger partial charge in [0.15, 0.2) is 0 Å². The van der Waals surface area contributed by atoms with E-state index in [0.717, 1.165) is 16.9 Å². The average molecular weight is 262 g/mol. The van der Waals surface area contributed by atoms with E-state index in [2.05, 4.69) is 0 Å². The van der Waals surface area contributed by atoms with E-state index < -0.39 is 0 Å². The molecule has 2 aromatic carbocycles. The van der Waals surface area contributed by atoms with Gasteiger partial charge in [-0.1, -0.05) is 24.3 Å². The molecule has 2 aromatic rings. The van der Waals surface area contributed by atoms with Gasteiger partial charge in [-0.15, -0.1) is 11.8 Å². The summed E-state index contributed by atoms with van der Waals surface area (Å²) in [5, 5.41) is 1.95. The Labute approximate surface area is 109 Å². The summed E-state index contributed by atoms with van der Waals surface area (Å²) in [6.45, 7) is 0. The van der Waals surface area contributed by atoms with Crippen molar-refractivity contribution in [1.29, 1.82) is 0 Å². The Morgan fingerprint density at radius 1 is 0.833 bits per heavy atom. The molecule has 0 aromatic heterocycles. The Hall–Kier alpha value is -1.61. The summed E-state index contributed by atoms with van der Waals surface area (Å²) >= 11 is 1.61. The normalized spacial score (nSPS) is 11.0. The molecule has 0 N–H and O–H groups in total. The summed E-state index contributed by atoms with van der Waals surface area (Å²) in [5.74, 6) is 0.342. The van der Waals surface area contributed by atoms with E-state index >= 15 is 0 Å². The molecule has 0 atom stereocenters. The minimum absolute atomic E-state index is 0.217. The Kier molecular flexibility index (Phi) is 4.53. The first-order valence-electron chi connectivity index (χ1n) is 5.52. The van der Waals surface area contributed by atoms with Crippen molar-refractivity contribution in [1.82, 2.24) is 0 Å². The van der Waals surface area contributed by atoms with Crippen LogP contribution in [0.4, 0.5) is 8.78 Å². The molecule has 0 saturated carbocycles. The van der Waals surface area contributed by atoms with Gasteiger partial charge in [-0.05, 0) is 46.9 Å². The maximum absolute atomic E-state index is 12.7. The Morgan fingerprint density at radius 3 is 2.00 bits per heavy atom. The molecule has 0 aliphatic heterocycles. The fourth-order valence-electron chi connectivity index (χ4n) is 1.43. The molecule has 0 aliphatic rings. The van der Waals surface area contributed by atoms with Gasteiger partial charge in [0, 0.05) is 5.75 Å². The minimum Gasteiger partial charge on any atom is -0.207 e. The largest absolute Gasteiger partial charge is 0.207 e. The quantitative estimate of drug-likeness (QED) is 0.757. The maximum Gasteiger partial charge on any atom is 0.123 e. The van der Waals surface area contributed by atoms with Gasteiger partial charge in [-0.2, -0.15) is 0 Å². The van der Waals surface area contributed by atoms with Crippen LogP contribution in [0.1, 0.15) is 11.1 Å². The summed E-state index contributed by atoms with van der Waals surface area (Å²) in [5.41, 5.74) is 2.04.